The molecular formula is C12H14N4O. The first-order valence-electron chi connectivity index (χ1n) is 5.43. The van der Waals surface area contributed by atoms with Gasteiger partial charge in [0.1, 0.15) is 17.8 Å². The Morgan fingerprint density at radius 1 is 1.24 bits per heavy atom. The van der Waals surface area contributed by atoms with Crippen LogP contribution >= 0.6 is 0 Å². The lowest BCUT2D eigenvalue weighted by Gasteiger charge is -2.07. The highest BCUT2D eigenvalue weighted by Crippen LogP contribution is 2.24. The average molecular weight is 230 g/mol. The molecule has 17 heavy (non-hydrogen) atoms. The first kappa shape index (κ1) is 11.3. The monoisotopic (exact) mass is 230 g/mol. The summed E-state index contributed by atoms with van der Waals surface area (Å²) in [7, 11) is 1.81. The first-order chi connectivity index (χ1) is 8.35. The maximum Gasteiger partial charge on any atom is 0.156 e. The molecular weight excluding hydrogens is 216 g/mol. The second-order valence-electron chi connectivity index (χ2n) is 3.36. The summed E-state index contributed by atoms with van der Waals surface area (Å²) < 4.78 is 5.39. The molecule has 1 aromatic heterocycles. The topological polar surface area (TPSA) is 59.9 Å². The van der Waals surface area contributed by atoms with E-state index >= 15 is 0 Å². The van der Waals surface area contributed by atoms with Crippen LogP contribution in [0.4, 0.5) is 5.82 Å². The molecule has 5 nitrogen and oxygen atoms in total. The zero-order valence-electron chi connectivity index (χ0n) is 9.84. The van der Waals surface area contributed by atoms with Crippen molar-refractivity contribution in [3.8, 4) is 17.0 Å². The SMILES string of the molecule is CCOc1ccc(-c2nncnc2NC)cc1. The summed E-state index contributed by atoms with van der Waals surface area (Å²) in [5, 5.41) is 10.9. The van der Waals surface area contributed by atoms with Gasteiger partial charge in [-0.1, -0.05) is 0 Å². The van der Waals surface area contributed by atoms with E-state index in [1.165, 1.54) is 6.33 Å². The number of hydrogen-bond donors (Lipinski definition) is 1. The molecule has 2 rings (SSSR count). The maximum absolute atomic E-state index is 5.39. The van der Waals surface area contributed by atoms with E-state index in [4.69, 9.17) is 4.74 Å². The van der Waals surface area contributed by atoms with E-state index in [9.17, 15) is 0 Å². The zero-order chi connectivity index (χ0) is 12.1. The van der Waals surface area contributed by atoms with Gasteiger partial charge in [-0.25, -0.2) is 4.98 Å². The number of ether oxygens (including phenoxy) is 1. The van der Waals surface area contributed by atoms with Gasteiger partial charge in [-0.05, 0) is 31.2 Å². The highest BCUT2D eigenvalue weighted by Gasteiger charge is 2.07. The Morgan fingerprint density at radius 3 is 2.65 bits per heavy atom. The third-order valence-corrected chi connectivity index (χ3v) is 2.30. The van der Waals surface area contributed by atoms with Gasteiger partial charge in [0, 0.05) is 12.6 Å². The van der Waals surface area contributed by atoms with Crippen LogP contribution in [-0.4, -0.2) is 28.8 Å². The van der Waals surface area contributed by atoms with Gasteiger partial charge in [0.05, 0.1) is 6.61 Å². The van der Waals surface area contributed by atoms with Crippen LogP contribution < -0.4 is 10.1 Å². The standard InChI is InChI=1S/C12H14N4O/c1-3-17-10-6-4-9(5-7-10)11-12(13-2)14-8-15-16-11/h4-8H,3H2,1-2H3,(H,13,14,15). The van der Waals surface area contributed by atoms with Crippen molar-refractivity contribution in [3.63, 3.8) is 0 Å². The number of benzene rings is 1. The minimum atomic E-state index is 0.661. The largest absolute Gasteiger partial charge is 0.494 e. The molecule has 0 fully saturated rings. The normalized spacial score (nSPS) is 10.0. The minimum Gasteiger partial charge on any atom is -0.494 e. The Labute approximate surface area is 99.9 Å². The van der Waals surface area contributed by atoms with Crippen LogP contribution in [0.3, 0.4) is 0 Å². The highest BCUT2D eigenvalue weighted by atomic mass is 16.5. The van der Waals surface area contributed by atoms with Crippen molar-refractivity contribution in [2.24, 2.45) is 0 Å². The fourth-order valence-corrected chi connectivity index (χ4v) is 1.53. The third kappa shape index (κ3) is 2.50. The Balaban J connectivity index is 2.33. The summed E-state index contributed by atoms with van der Waals surface area (Å²) in [5.41, 5.74) is 1.69. The lowest BCUT2D eigenvalue weighted by atomic mass is 10.1. The first-order valence-corrected chi connectivity index (χ1v) is 5.43. The molecule has 0 aliphatic rings. The molecule has 1 heterocycles. The Morgan fingerprint density at radius 2 is 2.00 bits per heavy atom. The van der Waals surface area contributed by atoms with Gasteiger partial charge in [-0.2, -0.15) is 0 Å². The molecule has 0 atom stereocenters. The van der Waals surface area contributed by atoms with Crippen molar-refractivity contribution in [1.29, 1.82) is 0 Å². The van der Waals surface area contributed by atoms with Gasteiger partial charge >= 0.3 is 0 Å². The van der Waals surface area contributed by atoms with E-state index in [0.717, 1.165) is 17.0 Å². The number of rotatable bonds is 4. The van der Waals surface area contributed by atoms with E-state index in [-0.39, 0.29) is 0 Å². The molecule has 88 valence electrons. The molecule has 1 N–H and O–H groups in total. The zero-order valence-corrected chi connectivity index (χ0v) is 9.84. The molecule has 2 aromatic rings. The Kier molecular flexibility index (Phi) is 3.49. The van der Waals surface area contributed by atoms with E-state index in [1.807, 2.05) is 38.2 Å². The number of aromatic nitrogens is 3. The molecule has 5 heteroatoms. The average Bonchev–Trinajstić information content (AvgIpc) is 2.40. The van der Waals surface area contributed by atoms with Crippen LogP contribution in [0.5, 0.6) is 5.75 Å². The van der Waals surface area contributed by atoms with Gasteiger partial charge in [0.15, 0.2) is 5.82 Å². The van der Waals surface area contributed by atoms with Gasteiger partial charge in [0.25, 0.3) is 0 Å². The van der Waals surface area contributed by atoms with Crippen molar-refractivity contribution >= 4 is 5.82 Å². The van der Waals surface area contributed by atoms with Crippen molar-refractivity contribution < 1.29 is 4.74 Å². The summed E-state index contributed by atoms with van der Waals surface area (Å²) in [4.78, 5) is 4.12. The Bertz CT molecular complexity index is 484. The number of anilines is 1. The van der Waals surface area contributed by atoms with Crippen LogP contribution in [0.25, 0.3) is 11.3 Å². The minimum absolute atomic E-state index is 0.661. The number of hydrogen-bond acceptors (Lipinski definition) is 5. The summed E-state index contributed by atoms with van der Waals surface area (Å²) >= 11 is 0. The number of nitrogens with one attached hydrogen (secondary N) is 1. The summed E-state index contributed by atoms with van der Waals surface area (Å²) in [6.07, 6.45) is 1.42. The highest BCUT2D eigenvalue weighted by molar-refractivity contribution is 5.70. The molecule has 0 spiro atoms. The van der Waals surface area contributed by atoms with Gasteiger partial charge in [-0.3, -0.25) is 0 Å². The van der Waals surface area contributed by atoms with Crippen molar-refractivity contribution in [2.45, 2.75) is 6.92 Å². The lowest BCUT2D eigenvalue weighted by molar-refractivity contribution is 0.340. The molecule has 0 aliphatic heterocycles. The molecule has 0 saturated carbocycles. The van der Waals surface area contributed by atoms with Crippen molar-refractivity contribution in [3.05, 3.63) is 30.6 Å². The molecule has 0 unspecified atom stereocenters. The molecule has 0 amide bonds. The smallest absolute Gasteiger partial charge is 0.156 e. The van der Waals surface area contributed by atoms with Crippen molar-refractivity contribution in [1.82, 2.24) is 15.2 Å². The van der Waals surface area contributed by atoms with Gasteiger partial charge in [0.2, 0.25) is 0 Å². The predicted octanol–water partition coefficient (Wildman–Crippen LogP) is 1.98. The fourth-order valence-electron chi connectivity index (χ4n) is 1.53. The summed E-state index contributed by atoms with van der Waals surface area (Å²) in [6, 6.07) is 7.70. The van der Waals surface area contributed by atoms with Gasteiger partial charge in [-0.15, -0.1) is 10.2 Å². The van der Waals surface area contributed by atoms with E-state index < -0.39 is 0 Å². The predicted molar refractivity (Wildman–Crippen MR) is 66.0 cm³/mol. The molecule has 0 aliphatic carbocycles. The Hall–Kier alpha value is -2.17. The quantitative estimate of drug-likeness (QED) is 0.870. The molecule has 0 bridgehead atoms. The number of nitrogens with zero attached hydrogens (tertiary/aromatic N) is 3. The fraction of sp³-hybridized carbons (Fsp3) is 0.250. The van der Waals surface area contributed by atoms with E-state index in [1.54, 1.807) is 0 Å². The molecule has 0 radical (unpaired) electrons. The second-order valence-corrected chi connectivity index (χ2v) is 3.36. The summed E-state index contributed by atoms with van der Waals surface area (Å²) in [6.45, 7) is 2.62. The van der Waals surface area contributed by atoms with Crippen LogP contribution in [0, 0.1) is 0 Å². The van der Waals surface area contributed by atoms with E-state index in [0.29, 0.717) is 12.4 Å². The maximum atomic E-state index is 5.39. The third-order valence-electron chi connectivity index (χ3n) is 2.30. The van der Waals surface area contributed by atoms with Crippen molar-refractivity contribution in [2.75, 3.05) is 19.0 Å². The van der Waals surface area contributed by atoms with Crippen LogP contribution in [0.2, 0.25) is 0 Å². The van der Waals surface area contributed by atoms with Gasteiger partial charge < -0.3 is 10.1 Å². The van der Waals surface area contributed by atoms with E-state index in [2.05, 4.69) is 20.5 Å². The van der Waals surface area contributed by atoms with Crippen LogP contribution in [0.15, 0.2) is 30.6 Å². The van der Waals surface area contributed by atoms with Crippen LogP contribution in [-0.2, 0) is 0 Å². The molecule has 1 aromatic carbocycles. The molecule has 0 saturated heterocycles. The van der Waals surface area contributed by atoms with Crippen LogP contribution in [0.1, 0.15) is 6.92 Å². The lowest BCUT2D eigenvalue weighted by Crippen LogP contribution is -1.99. The summed E-state index contributed by atoms with van der Waals surface area (Å²) in [5.74, 6) is 1.56. The second kappa shape index (κ2) is 5.25.